The molecule has 0 aliphatic carbocycles. The minimum absolute atomic E-state index is 0.0571. The van der Waals surface area contributed by atoms with Crippen LogP contribution in [0.4, 0.5) is 15.3 Å². The summed E-state index contributed by atoms with van der Waals surface area (Å²) in [6.07, 6.45) is 1.06. The third-order valence-corrected chi connectivity index (χ3v) is 7.78. The van der Waals surface area contributed by atoms with Gasteiger partial charge in [0, 0.05) is 30.9 Å². The number of carbonyl (C=O) groups excluding carboxylic acids is 2. The van der Waals surface area contributed by atoms with Gasteiger partial charge in [-0.05, 0) is 48.7 Å². The molecule has 0 spiro atoms. The molecule has 1 unspecified atom stereocenters. The van der Waals surface area contributed by atoms with Gasteiger partial charge in [0.15, 0.2) is 11.5 Å². The van der Waals surface area contributed by atoms with Crippen LogP contribution < -0.4 is 14.8 Å². The van der Waals surface area contributed by atoms with Gasteiger partial charge in [0.25, 0.3) is 0 Å². The van der Waals surface area contributed by atoms with Crippen LogP contribution in [0.5, 0.6) is 11.5 Å². The number of methoxy groups -OCH3 is 2. The molecule has 2 amide bonds. The number of hydrazone groups is 1. The lowest BCUT2D eigenvalue weighted by atomic mass is 10.0. The number of benzene rings is 2. The molecule has 0 aromatic heterocycles. The van der Waals surface area contributed by atoms with E-state index in [4.69, 9.17) is 24.0 Å². The van der Waals surface area contributed by atoms with Crippen LogP contribution in [0.1, 0.15) is 30.9 Å². The smallest absolute Gasteiger partial charge is 0.411 e. The van der Waals surface area contributed by atoms with E-state index >= 15 is 0 Å². The first-order chi connectivity index (χ1) is 19.0. The Hall–Kier alpha value is -3.28. The number of nitrogens with zero attached hydrogens (tertiary/aromatic N) is 3. The summed E-state index contributed by atoms with van der Waals surface area (Å²) < 4.78 is 21.5. The average Bonchev–Trinajstić information content (AvgIpc) is 2.97. The van der Waals surface area contributed by atoms with E-state index in [-0.39, 0.29) is 10.5 Å². The van der Waals surface area contributed by atoms with Crippen molar-refractivity contribution in [3.05, 3.63) is 53.6 Å². The maximum Gasteiger partial charge on any atom is 0.411 e. The average molecular weight is 557 g/mol. The van der Waals surface area contributed by atoms with E-state index in [2.05, 4.69) is 10.2 Å². The lowest BCUT2D eigenvalue weighted by Gasteiger charge is -2.28. The predicted octanol–water partition coefficient (Wildman–Crippen LogP) is 4.83. The van der Waals surface area contributed by atoms with Gasteiger partial charge in [0.1, 0.15) is 0 Å². The Morgan fingerprint density at radius 3 is 2.54 bits per heavy atom. The Morgan fingerprint density at radius 1 is 1.10 bits per heavy atom. The van der Waals surface area contributed by atoms with Crippen molar-refractivity contribution in [1.82, 2.24) is 9.91 Å². The molecule has 1 N–H and O–H groups in total. The molecule has 39 heavy (non-hydrogen) atoms. The highest BCUT2D eigenvalue weighted by Crippen LogP contribution is 2.33. The van der Waals surface area contributed by atoms with Gasteiger partial charge in [-0.25, -0.2) is 9.80 Å². The molecule has 2 aliphatic heterocycles. The normalized spacial score (nSPS) is 17.9. The van der Waals surface area contributed by atoms with Gasteiger partial charge in [-0.3, -0.25) is 15.0 Å². The van der Waals surface area contributed by atoms with Crippen LogP contribution in [0.2, 0.25) is 0 Å². The van der Waals surface area contributed by atoms with Crippen molar-refractivity contribution in [1.29, 1.82) is 0 Å². The Kier molecular flexibility index (Phi) is 10.5. The van der Waals surface area contributed by atoms with Crippen molar-refractivity contribution in [3.8, 4) is 11.5 Å². The molecular formula is C28H36N4O6S. The molecule has 0 bridgehead atoms. The fourth-order valence-corrected chi connectivity index (χ4v) is 5.32. The number of morpholine rings is 1. The zero-order chi connectivity index (χ0) is 27.6. The molecule has 1 fully saturated rings. The highest BCUT2D eigenvalue weighted by molar-refractivity contribution is 8.14. The summed E-state index contributed by atoms with van der Waals surface area (Å²) in [4.78, 5) is 27.3. The molecule has 210 valence electrons. The second-order valence-corrected chi connectivity index (χ2v) is 10.3. The first-order valence-corrected chi connectivity index (χ1v) is 14.0. The molecule has 2 heterocycles. The second-order valence-electron chi connectivity index (χ2n) is 9.16. The van der Waals surface area contributed by atoms with Crippen molar-refractivity contribution in [3.63, 3.8) is 0 Å². The lowest BCUT2D eigenvalue weighted by molar-refractivity contribution is 0.0348. The van der Waals surface area contributed by atoms with Crippen LogP contribution >= 0.6 is 11.8 Å². The number of amides is 2. The highest BCUT2D eigenvalue weighted by atomic mass is 32.2. The predicted molar refractivity (Wildman–Crippen MR) is 152 cm³/mol. The van der Waals surface area contributed by atoms with E-state index in [0.29, 0.717) is 30.3 Å². The van der Waals surface area contributed by atoms with Crippen LogP contribution in [-0.4, -0.2) is 85.9 Å². The van der Waals surface area contributed by atoms with Gasteiger partial charge in [0.05, 0.1) is 51.5 Å². The maximum absolute atomic E-state index is 12.9. The van der Waals surface area contributed by atoms with Crippen molar-refractivity contribution < 1.29 is 28.5 Å². The molecule has 2 aliphatic rings. The second kappa shape index (κ2) is 14.2. The van der Waals surface area contributed by atoms with Gasteiger partial charge in [0.2, 0.25) is 0 Å². The van der Waals surface area contributed by atoms with Gasteiger partial charge in [-0.1, -0.05) is 30.8 Å². The van der Waals surface area contributed by atoms with Crippen LogP contribution in [-0.2, 0) is 16.0 Å². The summed E-state index contributed by atoms with van der Waals surface area (Å²) in [5.74, 6) is 1.25. The van der Waals surface area contributed by atoms with E-state index in [1.165, 1.54) is 16.8 Å². The Balaban J connectivity index is 1.33. The van der Waals surface area contributed by atoms with Gasteiger partial charge < -0.3 is 18.9 Å². The highest BCUT2D eigenvalue weighted by Gasteiger charge is 2.30. The summed E-state index contributed by atoms with van der Waals surface area (Å²) in [5.41, 5.74) is 3.21. The Morgan fingerprint density at radius 2 is 1.85 bits per heavy atom. The van der Waals surface area contributed by atoms with E-state index in [0.717, 1.165) is 62.5 Å². The molecule has 11 heteroatoms. The van der Waals surface area contributed by atoms with Crippen LogP contribution in [0, 0.1) is 0 Å². The third kappa shape index (κ3) is 7.87. The number of thioether (sulfide) groups is 1. The molecular weight excluding hydrogens is 520 g/mol. The lowest BCUT2D eigenvalue weighted by Crippen LogP contribution is -2.37. The molecule has 2 aromatic rings. The van der Waals surface area contributed by atoms with Crippen LogP contribution in [0.15, 0.2) is 47.6 Å². The third-order valence-electron chi connectivity index (χ3n) is 6.53. The molecule has 1 saturated heterocycles. The number of hydrogen-bond donors (Lipinski definition) is 1. The zero-order valence-electron chi connectivity index (χ0n) is 22.7. The maximum atomic E-state index is 12.9. The largest absolute Gasteiger partial charge is 0.493 e. The van der Waals surface area contributed by atoms with E-state index in [1.54, 1.807) is 26.4 Å². The van der Waals surface area contributed by atoms with Crippen LogP contribution in [0.25, 0.3) is 0 Å². The van der Waals surface area contributed by atoms with E-state index in [9.17, 15) is 9.59 Å². The van der Waals surface area contributed by atoms with Gasteiger partial charge >= 0.3 is 11.3 Å². The number of hydrogen-bond acceptors (Lipinski definition) is 9. The Labute approximate surface area is 233 Å². The van der Waals surface area contributed by atoms with E-state index in [1.807, 2.05) is 37.3 Å². The number of rotatable bonds is 11. The molecule has 2 aromatic carbocycles. The molecule has 0 radical (unpaired) electrons. The molecule has 10 nitrogen and oxygen atoms in total. The fourth-order valence-electron chi connectivity index (χ4n) is 4.39. The molecule has 1 atom stereocenters. The minimum atomic E-state index is -0.484. The number of carbonyl (C=O) groups is 2. The number of anilines is 1. The first kappa shape index (κ1) is 28.7. The summed E-state index contributed by atoms with van der Waals surface area (Å²) in [6, 6.07) is 13.0. The molecule has 0 saturated carbocycles. The van der Waals surface area contributed by atoms with E-state index < -0.39 is 6.09 Å². The number of ether oxygens (including phenoxy) is 4. The van der Waals surface area contributed by atoms with Crippen molar-refractivity contribution >= 4 is 34.5 Å². The first-order valence-electron chi connectivity index (χ1n) is 13.1. The van der Waals surface area contributed by atoms with Crippen LogP contribution in [0.3, 0.4) is 0 Å². The summed E-state index contributed by atoms with van der Waals surface area (Å²) in [6.45, 7) is 6.94. The summed E-state index contributed by atoms with van der Waals surface area (Å²) in [5, 5.41) is 8.81. The SMILES string of the molecule is CCC1SC(=O)N(Cc2ccc(NC(=O)OCCCN3CCOCC3)cc2)N=C1c1ccc(OC)c(OC)c1. The monoisotopic (exact) mass is 556 g/mol. The van der Waals surface area contributed by atoms with Crippen molar-refractivity contribution in [2.24, 2.45) is 5.10 Å². The van der Waals surface area contributed by atoms with Gasteiger partial charge in [-0.2, -0.15) is 5.10 Å². The standard InChI is InChI=1S/C28H36N4O6S/c1-4-25-26(21-8-11-23(35-2)24(18-21)36-3)30-32(28(34)39-25)19-20-6-9-22(10-7-20)29-27(33)38-15-5-12-31-13-16-37-17-14-31/h6-11,18,25H,4-5,12-17,19H2,1-3H3,(H,29,33). The zero-order valence-corrected chi connectivity index (χ0v) is 23.5. The van der Waals surface area contributed by atoms with Crippen molar-refractivity contribution in [2.45, 2.75) is 31.6 Å². The fraction of sp³-hybridized carbons (Fsp3) is 0.464. The quantitative estimate of drug-likeness (QED) is 0.393. The Bertz CT molecular complexity index is 1150. The molecule has 4 rings (SSSR count). The van der Waals surface area contributed by atoms with Crippen molar-refractivity contribution in [2.75, 3.05) is 59.0 Å². The summed E-state index contributed by atoms with van der Waals surface area (Å²) in [7, 11) is 3.19. The van der Waals surface area contributed by atoms with Gasteiger partial charge in [-0.15, -0.1) is 0 Å². The minimum Gasteiger partial charge on any atom is -0.493 e. The summed E-state index contributed by atoms with van der Waals surface area (Å²) >= 11 is 1.27. The number of nitrogens with one attached hydrogen (secondary N) is 1. The topological polar surface area (TPSA) is 102 Å².